The number of hydrogen-bond acceptors (Lipinski definition) is 2. The van der Waals surface area contributed by atoms with Gasteiger partial charge in [0.15, 0.2) is 0 Å². The lowest BCUT2D eigenvalue weighted by molar-refractivity contribution is 0.412. The van der Waals surface area contributed by atoms with Gasteiger partial charge < -0.3 is 10.5 Å². The molecule has 0 saturated heterocycles. The van der Waals surface area contributed by atoms with Crippen LogP contribution in [-0.4, -0.2) is 13.7 Å². The molecule has 0 saturated carbocycles. The zero-order valence-corrected chi connectivity index (χ0v) is 9.30. The van der Waals surface area contributed by atoms with Crippen LogP contribution in [0.5, 0.6) is 5.75 Å². The topological polar surface area (TPSA) is 35.2 Å². The lowest BCUT2D eigenvalue weighted by Gasteiger charge is -2.05. The molecule has 0 radical (unpaired) electrons. The van der Waals surface area contributed by atoms with E-state index in [0.717, 1.165) is 29.6 Å². The molecule has 1 aromatic rings. The van der Waals surface area contributed by atoms with Crippen molar-refractivity contribution in [2.45, 2.75) is 12.8 Å². The number of benzene rings is 1. The van der Waals surface area contributed by atoms with Crippen LogP contribution in [0.4, 0.5) is 0 Å². The van der Waals surface area contributed by atoms with Crippen molar-refractivity contribution in [3.63, 3.8) is 0 Å². The number of methoxy groups -OCH3 is 1. The third-order valence-corrected chi connectivity index (χ3v) is 2.51. The molecule has 13 heavy (non-hydrogen) atoms. The summed E-state index contributed by atoms with van der Waals surface area (Å²) in [6.07, 6.45) is 2.05. The molecule has 0 atom stereocenters. The highest BCUT2D eigenvalue weighted by Gasteiger charge is 2.00. The zero-order chi connectivity index (χ0) is 9.68. The molecule has 0 spiro atoms. The van der Waals surface area contributed by atoms with Gasteiger partial charge in [-0.1, -0.05) is 6.07 Å². The van der Waals surface area contributed by atoms with Gasteiger partial charge in [-0.15, -0.1) is 0 Å². The van der Waals surface area contributed by atoms with Crippen molar-refractivity contribution in [2.75, 3.05) is 13.7 Å². The molecule has 72 valence electrons. The third-order valence-electron chi connectivity index (χ3n) is 1.89. The SMILES string of the molecule is COc1ccc(CCCN)cc1Br. The zero-order valence-electron chi connectivity index (χ0n) is 7.72. The largest absolute Gasteiger partial charge is 0.496 e. The van der Waals surface area contributed by atoms with E-state index in [-0.39, 0.29) is 0 Å². The summed E-state index contributed by atoms with van der Waals surface area (Å²) in [4.78, 5) is 0. The van der Waals surface area contributed by atoms with Crippen LogP contribution < -0.4 is 10.5 Å². The quantitative estimate of drug-likeness (QED) is 0.882. The molecule has 0 unspecified atom stereocenters. The van der Waals surface area contributed by atoms with Gasteiger partial charge in [0.2, 0.25) is 0 Å². The van der Waals surface area contributed by atoms with Crippen LogP contribution in [0.3, 0.4) is 0 Å². The predicted octanol–water partition coefficient (Wildman–Crippen LogP) is 2.35. The molecular weight excluding hydrogens is 230 g/mol. The third kappa shape index (κ3) is 3.01. The molecule has 0 aliphatic carbocycles. The van der Waals surface area contributed by atoms with Crippen molar-refractivity contribution in [1.29, 1.82) is 0 Å². The maximum atomic E-state index is 5.43. The lowest BCUT2D eigenvalue weighted by Crippen LogP contribution is -2.00. The van der Waals surface area contributed by atoms with Gasteiger partial charge in [-0.25, -0.2) is 0 Å². The van der Waals surface area contributed by atoms with Crippen LogP contribution in [0.25, 0.3) is 0 Å². The van der Waals surface area contributed by atoms with Crippen molar-refractivity contribution in [1.82, 2.24) is 0 Å². The molecule has 0 bridgehead atoms. The van der Waals surface area contributed by atoms with Crippen LogP contribution >= 0.6 is 15.9 Å². The minimum Gasteiger partial charge on any atom is -0.496 e. The first-order chi connectivity index (χ1) is 6.27. The summed E-state index contributed by atoms with van der Waals surface area (Å²) in [5.41, 5.74) is 6.72. The molecule has 0 fully saturated rings. The average molecular weight is 244 g/mol. The van der Waals surface area contributed by atoms with Crippen LogP contribution in [0.2, 0.25) is 0 Å². The van der Waals surface area contributed by atoms with Gasteiger partial charge in [-0.3, -0.25) is 0 Å². The van der Waals surface area contributed by atoms with Gasteiger partial charge in [0.25, 0.3) is 0 Å². The van der Waals surface area contributed by atoms with Crippen molar-refractivity contribution < 1.29 is 4.74 Å². The predicted molar refractivity (Wildman–Crippen MR) is 58.1 cm³/mol. The summed E-state index contributed by atoms with van der Waals surface area (Å²) in [5, 5.41) is 0. The Bertz CT molecular complexity index is 276. The Balaban J connectivity index is 2.71. The Morgan fingerprint density at radius 1 is 1.46 bits per heavy atom. The molecule has 0 heterocycles. The van der Waals surface area contributed by atoms with Crippen molar-refractivity contribution in [2.24, 2.45) is 5.73 Å². The van der Waals surface area contributed by atoms with E-state index in [1.54, 1.807) is 7.11 Å². The van der Waals surface area contributed by atoms with Gasteiger partial charge in [-0.2, -0.15) is 0 Å². The second-order valence-corrected chi connectivity index (χ2v) is 3.72. The first-order valence-corrected chi connectivity index (χ1v) is 5.09. The normalized spacial score (nSPS) is 10.1. The van der Waals surface area contributed by atoms with Crippen LogP contribution in [0.1, 0.15) is 12.0 Å². The Kier molecular flexibility index (Phi) is 4.25. The summed E-state index contributed by atoms with van der Waals surface area (Å²) in [6, 6.07) is 6.11. The molecule has 1 rings (SSSR count). The maximum Gasteiger partial charge on any atom is 0.133 e. The van der Waals surface area contributed by atoms with Crippen LogP contribution in [0.15, 0.2) is 22.7 Å². The van der Waals surface area contributed by atoms with Gasteiger partial charge in [-0.05, 0) is 53.0 Å². The van der Waals surface area contributed by atoms with Crippen molar-refractivity contribution in [3.8, 4) is 5.75 Å². The number of nitrogens with two attached hydrogens (primary N) is 1. The summed E-state index contributed by atoms with van der Waals surface area (Å²) in [5.74, 6) is 0.872. The van der Waals surface area contributed by atoms with E-state index in [2.05, 4.69) is 28.1 Å². The summed E-state index contributed by atoms with van der Waals surface area (Å²) >= 11 is 3.44. The minimum absolute atomic E-state index is 0.740. The van der Waals surface area contributed by atoms with Crippen molar-refractivity contribution >= 4 is 15.9 Å². The van der Waals surface area contributed by atoms with Crippen LogP contribution in [0, 0.1) is 0 Å². The van der Waals surface area contributed by atoms with Crippen LogP contribution in [-0.2, 0) is 6.42 Å². The monoisotopic (exact) mass is 243 g/mol. The number of halogens is 1. The summed E-state index contributed by atoms with van der Waals surface area (Å²) < 4.78 is 6.14. The van der Waals surface area contributed by atoms with Crippen molar-refractivity contribution in [3.05, 3.63) is 28.2 Å². The summed E-state index contributed by atoms with van der Waals surface area (Å²) in [6.45, 7) is 0.740. The standard InChI is InChI=1S/C10H14BrNO/c1-13-10-5-4-8(3-2-6-12)7-9(10)11/h4-5,7H,2-3,6,12H2,1H3. The first kappa shape index (κ1) is 10.5. The molecule has 0 aromatic heterocycles. The first-order valence-electron chi connectivity index (χ1n) is 4.30. The molecule has 2 nitrogen and oxygen atoms in total. The van der Waals surface area contributed by atoms with Gasteiger partial charge in [0.1, 0.15) is 5.75 Å². The molecule has 2 N–H and O–H groups in total. The van der Waals surface area contributed by atoms with E-state index in [1.807, 2.05) is 6.07 Å². The molecule has 3 heteroatoms. The number of rotatable bonds is 4. The second-order valence-electron chi connectivity index (χ2n) is 2.86. The highest BCUT2D eigenvalue weighted by molar-refractivity contribution is 9.10. The number of hydrogen-bond donors (Lipinski definition) is 1. The maximum absolute atomic E-state index is 5.43. The van der Waals surface area contributed by atoms with Gasteiger partial charge in [0.05, 0.1) is 11.6 Å². The van der Waals surface area contributed by atoms with E-state index in [0.29, 0.717) is 0 Å². The Morgan fingerprint density at radius 2 is 2.23 bits per heavy atom. The highest BCUT2D eigenvalue weighted by atomic mass is 79.9. The van der Waals surface area contributed by atoms with E-state index in [4.69, 9.17) is 10.5 Å². The number of aryl methyl sites for hydroxylation is 1. The molecule has 0 amide bonds. The molecule has 0 aliphatic heterocycles. The minimum atomic E-state index is 0.740. The molecular formula is C10H14BrNO. The smallest absolute Gasteiger partial charge is 0.133 e. The van der Waals surface area contributed by atoms with E-state index in [9.17, 15) is 0 Å². The Morgan fingerprint density at radius 3 is 2.77 bits per heavy atom. The Hall–Kier alpha value is -0.540. The van der Waals surface area contributed by atoms with Gasteiger partial charge >= 0.3 is 0 Å². The second kappa shape index (κ2) is 5.25. The van der Waals surface area contributed by atoms with E-state index in [1.165, 1.54) is 5.56 Å². The van der Waals surface area contributed by atoms with Gasteiger partial charge in [0, 0.05) is 0 Å². The fourth-order valence-corrected chi connectivity index (χ4v) is 1.76. The Labute approximate surface area is 87.2 Å². The van der Waals surface area contributed by atoms with E-state index >= 15 is 0 Å². The molecule has 1 aromatic carbocycles. The fourth-order valence-electron chi connectivity index (χ4n) is 1.17. The average Bonchev–Trinajstić information content (AvgIpc) is 2.15. The lowest BCUT2D eigenvalue weighted by atomic mass is 10.1. The summed E-state index contributed by atoms with van der Waals surface area (Å²) in [7, 11) is 1.67. The van der Waals surface area contributed by atoms with E-state index < -0.39 is 0 Å². The fraction of sp³-hybridized carbons (Fsp3) is 0.400. The molecule has 0 aliphatic rings. The number of ether oxygens (including phenoxy) is 1. The highest BCUT2D eigenvalue weighted by Crippen LogP contribution is 2.25.